The Labute approximate surface area is 168 Å². The zero-order chi connectivity index (χ0) is 20.5. The van der Waals surface area contributed by atoms with Gasteiger partial charge in [-0.25, -0.2) is 4.79 Å². The molecule has 7 heteroatoms. The lowest BCUT2D eigenvalue weighted by molar-refractivity contribution is -0.130. The molecule has 2 aromatic heterocycles. The van der Waals surface area contributed by atoms with Gasteiger partial charge in [0.15, 0.2) is 5.82 Å². The highest BCUT2D eigenvalue weighted by Crippen LogP contribution is 2.26. The van der Waals surface area contributed by atoms with E-state index in [1.165, 1.54) is 0 Å². The number of hydrogen-bond acceptors (Lipinski definition) is 5. The van der Waals surface area contributed by atoms with Gasteiger partial charge < -0.3 is 14.6 Å². The Hall–Kier alpha value is -3.35. The number of nitrogens with zero attached hydrogens (tertiary/aromatic N) is 2. The summed E-state index contributed by atoms with van der Waals surface area (Å²) in [7, 11) is 0. The molecule has 1 amide bonds. The zero-order valence-electron chi connectivity index (χ0n) is 16.6. The van der Waals surface area contributed by atoms with Crippen LogP contribution in [0.4, 0.5) is 0 Å². The van der Waals surface area contributed by atoms with E-state index in [0.29, 0.717) is 28.4 Å². The van der Waals surface area contributed by atoms with Gasteiger partial charge in [0.25, 0.3) is 5.91 Å². The Morgan fingerprint density at radius 1 is 1.17 bits per heavy atom. The smallest absolute Gasteiger partial charge is 0.341 e. The molecule has 29 heavy (non-hydrogen) atoms. The van der Waals surface area contributed by atoms with Crippen molar-refractivity contribution in [1.29, 1.82) is 0 Å². The molecule has 1 saturated carbocycles. The maximum absolute atomic E-state index is 13.0. The summed E-state index contributed by atoms with van der Waals surface area (Å²) >= 11 is 0. The van der Waals surface area contributed by atoms with Gasteiger partial charge in [0.1, 0.15) is 5.76 Å². The number of hydrogen-bond donors (Lipinski definition) is 1. The van der Waals surface area contributed by atoms with Gasteiger partial charge in [-0.2, -0.15) is 0 Å². The van der Waals surface area contributed by atoms with Crippen LogP contribution in [-0.4, -0.2) is 27.6 Å². The molecular weight excluding hydrogens is 370 g/mol. The molecule has 0 unspecified atom stereocenters. The number of carbonyl (C=O) groups excluding carboxylic acids is 2. The molecular formula is C22H23N3O4. The molecule has 1 aromatic carbocycles. The first kappa shape index (κ1) is 19.0. The van der Waals surface area contributed by atoms with Crippen molar-refractivity contribution in [2.45, 2.75) is 45.8 Å². The van der Waals surface area contributed by atoms with Crippen LogP contribution in [0.1, 0.15) is 52.0 Å². The number of aromatic nitrogens is 2. The fraction of sp³-hybridized carbons (Fsp3) is 0.318. The van der Waals surface area contributed by atoms with Gasteiger partial charge in [-0.3, -0.25) is 9.36 Å². The lowest BCUT2D eigenvalue weighted by Gasteiger charge is -2.18. The lowest BCUT2D eigenvalue weighted by Crippen LogP contribution is -2.33. The van der Waals surface area contributed by atoms with E-state index in [0.717, 1.165) is 18.5 Å². The first-order chi connectivity index (χ1) is 13.9. The van der Waals surface area contributed by atoms with Gasteiger partial charge in [-0.05, 0) is 39.7 Å². The van der Waals surface area contributed by atoms with Crippen molar-refractivity contribution in [3.8, 4) is 5.82 Å². The van der Waals surface area contributed by atoms with Gasteiger partial charge in [-0.15, -0.1) is 0 Å². The van der Waals surface area contributed by atoms with Gasteiger partial charge in [0.05, 0.1) is 5.56 Å². The van der Waals surface area contributed by atoms with Gasteiger partial charge in [0, 0.05) is 29.1 Å². The summed E-state index contributed by atoms with van der Waals surface area (Å²) in [5.74, 6) is 0.428. The maximum Gasteiger partial charge on any atom is 0.341 e. The van der Waals surface area contributed by atoms with Crippen LogP contribution in [0.25, 0.3) is 5.82 Å². The van der Waals surface area contributed by atoms with Crippen molar-refractivity contribution in [2.75, 3.05) is 0 Å². The number of rotatable bonds is 6. The highest BCUT2D eigenvalue weighted by atomic mass is 16.5. The SMILES string of the molecule is Cc1cc(-n2c(C)cc(C(=O)O[C@@H](C(=O)NC3CC3)c3ccccc3)c2C)no1. The van der Waals surface area contributed by atoms with Gasteiger partial charge in [-0.1, -0.05) is 35.5 Å². The molecule has 0 spiro atoms. The molecule has 1 N–H and O–H groups in total. The number of benzene rings is 1. The van der Waals surface area contributed by atoms with Crippen LogP contribution in [0.3, 0.4) is 0 Å². The van der Waals surface area contributed by atoms with Crippen molar-refractivity contribution in [2.24, 2.45) is 0 Å². The summed E-state index contributed by atoms with van der Waals surface area (Å²) in [5, 5.41) is 6.95. The monoisotopic (exact) mass is 393 g/mol. The molecule has 0 aliphatic heterocycles. The van der Waals surface area contributed by atoms with E-state index in [1.807, 2.05) is 43.5 Å². The van der Waals surface area contributed by atoms with Gasteiger partial charge in [0.2, 0.25) is 6.10 Å². The van der Waals surface area contributed by atoms with E-state index in [4.69, 9.17) is 9.26 Å². The second kappa shape index (κ2) is 7.58. The quantitative estimate of drug-likeness (QED) is 0.647. The summed E-state index contributed by atoms with van der Waals surface area (Å²) in [6.07, 6.45) is 0.917. The second-order valence-electron chi connectivity index (χ2n) is 7.39. The number of esters is 1. The van der Waals surface area contributed by atoms with Crippen LogP contribution in [0.5, 0.6) is 0 Å². The fourth-order valence-electron chi connectivity index (χ4n) is 3.36. The number of amides is 1. The minimum atomic E-state index is -0.998. The zero-order valence-corrected chi connectivity index (χ0v) is 16.6. The van der Waals surface area contributed by atoms with Crippen LogP contribution >= 0.6 is 0 Å². The second-order valence-corrected chi connectivity index (χ2v) is 7.39. The van der Waals surface area contributed by atoms with Crippen LogP contribution in [0.15, 0.2) is 47.0 Å². The molecule has 7 nitrogen and oxygen atoms in total. The standard InChI is InChI=1S/C22H23N3O4/c1-13-11-18(15(3)25(13)19-12-14(2)29-24-19)22(27)28-20(16-7-5-4-6-8-16)21(26)23-17-9-10-17/h4-8,11-12,17,20H,9-10H2,1-3H3,(H,23,26)/t20-/m1/s1. The van der Waals surface area contributed by atoms with Crippen molar-refractivity contribution < 1.29 is 18.8 Å². The Balaban J connectivity index is 1.61. The Kier molecular flexibility index (Phi) is 4.96. The molecule has 1 aliphatic rings. The third kappa shape index (κ3) is 3.94. The molecule has 1 atom stereocenters. The largest absolute Gasteiger partial charge is 0.444 e. The topological polar surface area (TPSA) is 86.4 Å². The van der Waals surface area contributed by atoms with Crippen LogP contribution < -0.4 is 5.32 Å². The van der Waals surface area contributed by atoms with E-state index in [-0.39, 0.29) is 11.9 Å². The molecule has 4 rings (SSSR count). The maximum atomic E-state index is 13.0. The minimum Gasteiger partial charge on any atom is -0.444 e. The van der Waals surface area contributed by atoms with E-state index in [9.17, 15) is 9.59 Å². The molecule has 0 radical (unpaired) electrons. The van der Waals surface area contributed by atoms with Crippen LogP contribution in [-0.2, 0) is 9.53 Å². The first-order valence-corrected chi connectivity index (χ1v) is 9.63. The van der Waals surface area contributed by atoms with Crippen molar-refractivity contribution >= 4 is 11.9 Å². The number of nitrogens with one attached hydrogen (secondary N) is 1. The molecule has 2 heterocycles. The predicted octanol–water partition coefficient (Wildman–Crippen LogP) is 3.57. The third-order valence-electron chi connectivity index (χ3n) is 4.98. The van der Waals surface area contributed by atoms with E-state index < -0.39 is 12.1 Å². The predicted molar refractivity (Wildman–Crippen MR) is 106 cm³/mol. The fourth-order valence-corrected chi connectivity index (χ4v) is 3.36. The lowest BCUT2D eigenvalue weighted by atomic mass is 10.1. The Morgan fingerprint density at radius 3 is 2.52 bits per heavy atom. The molecule has 1 aliphatic carbocycles. The Morgan fingerprint density at radius 2 is 1.90 bits per heavy atom. The Bertz CT molecular complexity index is 1050. The summed E-state index contributed by atoms with van der Waals surface area (Å²) in [6.45, 7) is 5.50. The van der Waals surface area contributed by atoms with Crippen LogP contribution in [0.2, 0.25) is 0 Å². The summed E-state index contributed by atoms with van der Waals surface area (Å²) in [4.78, 5) is 25.7. The van der Waals surface area contributed by atoms with E-state index >= 15 is 0 Å². The average Bonchev–Trinajstić information content (AvgIpc) is 3.34. The molecule has 0 saturated heterocycles. The van der Waals surface area contributed by atoms with E-state index in [2.05, 4.69) is 10.5 Å². The molecule has 3 aromatic rings. The summed E-state index contributed by atoms with van der Waals surface area (Å²) in [5.41, 5.74) is 2.53. The average molecular weight is 393 g/mol. The molecule has 1 fully saturated rings. The minimum absolute atomic E-state index is 0.174. The van der Waals surface area contributed by atoms with Crippen molar-refractivity contribution in [3.05, 3.63) is 70.7 Å². The highest BCUT2D eigenvalue weighted by Gasteiger charge is 2.32. The number of aryl methyl sites for hydroxylation is 2. The first-order valence-electron chi connectivity index (χ1n) is 9.63. The molecule has 150 valence electrons. The third-order valence-corrected chi connectivity index (χ3v) is 4.98. The van der Waals surface area contributed by atoms with Crippen molar-refractivity contribution in [1.82, 2.24) is 15.0 Å². The highest BCUT2D eigenvalue weighted by molar-refractivity contribution is 5.94. The van der Waals surface area contributed by atoms with Crippen LogP contribution in [0, 0.1) is 20.8 Å². The number of carbonyl (C=O) groups is 2. The number of ether oxygens (including phenoxy) is 1. The van der Waals surface area contributed by atoms with E-state index in [1.54, 1.807) is 24.3 Å². The summed E-state index contributed by atoms with van der Waals surface area (Å²) < 4.78 is 12.7. The normalized spacial score (nSPS) is 14.4. The summed E-state index contributed by atoms with van der Waals surface area (Å²) in [6, 6.07) is 12.8. The molecule has 0 bridgehead atoms. The van der Waals surface area contributed by atoms with Gasteiger partial charge >= 0.3 is 5.97 Å². The van der Waals surface area contributed by atoms with Crippen molar-refractivity contribution in [3.63, 3.8) is 0 Å².